The van der Waals surface area contributed by atoms with Crippen molar-refractivity contribution in [2.24, 2.45) is 0 Å². The fourth-order valence-electron chi connectivity index (χ4n) is 1.75. The zero-order valence-corrected chi connectivity index (χ0v) is 12.5. The Balaban J connectivity index is 5.41. The van der Waals surface area contributed by atoms with Crippen LogP contribution < -0.4 is 0 Å². The van der Waals surface area contributed by atoms with Crippen molar-refractivity contribution < 1.29 is 0 Å². The highest BCUT2D eigenvalue weighted by molar-refractivity contribution is 7.04. The third-order valence-corrected chi connectivity index (χ3v) is 9.62. The number of allylic oxidation sites excluding steroid dienone is 1. The predicted octanol–water partition coefficient (Wildman–Crippen LogP) is 4.23. The van der Waals surface area contributed by atoms with Gasteiger partial charge in [0.2, 0.25) is 0 Å². The Hall–Kier alpha value is -0.0462. The van der Waals surface area contributed by atoms with Crippen molar-refractivity contribution in [2.75, 3.05) is 0 Å². The first-order valence-electron chi connectivity index (χ1n) is 5.00. The van der Waals surface area contributed by atoms with Crippen LogP contribution in [-0.2, 0) is 0 Å². The highest BCUT2D eigenvalue weighted by atomic mass is 28.4. The Morgan fingerprint density at radius 2 is 1.08 bits per heavy atom. The van der Waals surface area contributed by atoms with Crippen LogP contribution in [0.1, 0.15) is 13.8 Å². The Bertz CT molecular complexity index is 222. The largest absolute Gasteiger partial charge is 0.132 e. The molecule has 0 aromatic rings. The minimum absolute atomic E-state index is 1.14. The zero-order chi connectivity index (χ0) is 10.9. The summed E-state index contributed by atoms with van der Waals surface area (Å²) in [6.07, 6.45) is 0. The molecule has 0 unspecified atom stereocenters. The van der Waals surface area contributed by atoms with E-state index in [9.17, 15) is 0 Å². The first kappa shape index (κ1) is 13.0. The van der Waals surface area contributed by atoms with Crippen molar-refractivity contribution in [2.45, 2.75) is 53.1 Å². The Morgan fingerprint density at radius 1 is 0.769 bits per heavy atom. The Morgan fingerprint density at radius 3 is 1.15 bits per heavy atom. The molecule has 0 aliphatic heterocycles. The number of hydrogen-bond donors (Lipinski definition) is 0. The maximum Gasteiger partial charge on any atom is 0.0773 e. The molecule has 0 N–H and O–H groups in total. The second-order valence-corrected chi connectivity index (χ2v) is 16.5. The molecule has 76 valence electrons. The molecule has 0 fully saturated rings. The zero-order valence-electron chi connectivity index (χ0n) is 10.5. The molecule has 0 aromatic heterocycles. The third kappa shape index (κ3) is 4.65. The van der Waals surface area contributed by atoms with Crippen molar-refractivity contribution >= 4 is 16.1 Å². The van der Waals surface area contributed by atoms with E-state index in [1.54, 1.807) is 4.82 Å². The van der Waals surface area contributed by atoms with Gasteiger partial charge in [-0.1, -0.05) is 44.1 Å². The Labute approximate surface area is 85.8 Å². The van der Waals surface area contributed by atoms with Gasteiger partial charge in [-0.2, -0.15) is 0 Å². The molecule has 0 aliphatic rings. The topological polar surface area (TPSA) is 0 Å². The molecule has 0 saturated carbocycles. The molecule has 0 aromatic carbocycles. The van der Waals surface area contributed by atoms with E-state index in [1.807, 2.05) is 0 Å². The molecule has 0 radical (unpaired) electrons. The standard InChI is InChI=1S/C11H24Si2/c1-10(2)9-11(12(3,4)5)13(6,7)8/h1-8H3. The maximum atomic E-state index is 3.62. The van der Waals surface area contributed by atoms with E-state index in [1.165, 1.54) is 5.57 Å². The SMILES string of the molecule is CC(C)=C=C([Si](C)(C)C)[Si](C)(C)C. The van der Waals surface area contributed by atoms with Crippen LogP contribution in [0.3, 0.4) is 0 Å². The highest BCUT2D eigenvalue weighted by Gasteiger charge is 2.30. The molecule has 0 spiro atoms. The summed E-state index contributed by atoms with van der Waals surface area (Å²) in [6, 6.07) is 0. The average Bonchev–Trinajstić information content (AvgIpc) is 1.77. The Kier molecular flexibility index (Phi) is 3.98. The van der Waals surface area contributed by atoms with Gasteiger partial charge in [-0.3, -0.25) is 0 Å². The number of rotatable bonds is 2. The minimum atomic E-state index is -1.14. The van der Waals surface area contributed by atoms with E-state index >= 15 is 0 Å². The van der Waals surface area contributed by atoms with Crippen LogP contribution in [0.2, 0.25) is 39.3 Å². The van der Waals surface area contributed by atoms with Crippen LogP contribution in [0.25, 0.3) is 0 Å². The summed E-state index contributed by atoms with van der Waals surface area (Å²) in [5.41, 5.74) is 4.95. The molecule has 0 saturated heterocycles. The second kappa shape index (κ2) is 3.99. The smallest absolute Gasteiger partial charge is 0.0773 e. The average molecular weight is 212 g/mol. The summed E-state index contributed by atoms with van der Waals surface area (Å²) in [7, 11) is -2.28. The molecule has 0 rings (SSSR count). The van der Waals surface area contributed by atoms with Crippen LogP contribution in [0.15, 0.2) is 16.1 Å². The van der Waals surface area contributed by atoms with E-state index < -0.39 is 16.1 Å². The van der Waals surface area contributed by atoms with Gasteiger partial charge in [0, 0.05) is 0 Å². The summed E-state index contributed by atoms with van der Waals surface area (Å²) in [4.78, 5) is 1.68. The summed E-state index contributed by atoms with van der Waals surface area (Å²) >= 11 is 0. The van der Waals surface area contributed by atoms with Gasteiger partial charge >= 0.3 is 0 Å². The monoisotopic (exact) mass is 212 g/mol. The normalized spacial score (nSPS) is 12.3. The van der Waals surface area contributed by atoms with Gasteiger partial charge in [-0.25, -0.2) is 0 Å². The van der Waals surface area contributed by atoms with E-state index in [2.05, 4.69) is 58.9 Å². The third-order valence-electron chi connectivity index (χ3n) is 1.88. The van der Waals surface area contributed by atoms with E-state index in [-0.39, 0.29) is 0 Å². The van der Waals surface area contributed by atoms with Crippen molar-refractivity contribution in [1.29, 1.82) is 0 Å². The lowest BCUT2D eigenvalue weighted by atomic mass is 10.4. The molecular formula is C11H24Si2. The van der Waals surface area contributed by atoms with Crippen LogP contribution >= 0.6 is 0 Å². The van der Waals surface area contributed by atoms with E-state index in [0.29, 0.717) is 0 Å². The van der Waals surface area contributed by atoms with Crippen molar-refractivity contribution in [3.05, 3.63) is 16.1 Å². The molecule has 13 heavy (non-hydrogen) atoms. The molecule has 0 heterocycles. The molecule has 0 nitrogen and oxygen atoms in total. The van der Waals surface area contributed by atoms with E-state index in [0.717, 1.165) is 0 Å². The molecular weight excluding hydrogens is 188 g/mol. The fraction of sp³-hybridized carbons (Fsp3) is 0.727. The summed E-state index contributed by atoms with van der Waals surface area (Å²) in [5, 5.41) is 0. The van der Waals surface area contributed by atoms with Crippen LogP contribution in [-0.4, -0.2) is 16.1 Å². The lowest BCUT2D eigenvalue weighted by Gasteiger charge is -2.29. The maximum absolute atomic E-state index is 3.62. The summed E-state index contributed by atoms with van der Waals surface area (Å²) in [5.74, 6) is 0. The van der Waals surface area contributed by atoms with Gasteiger partial charge in [0.15, 0.2) is 0 Å². The lowest BCUT2D eigenvalue weighted by Crippen LogP contribution is -2.39. The second-order valence-electron chi connectivity index (χ2n) is 6.00. The summed E-state index contributed by atoms with van der Waals surface area (Å²) < 4.78 is 0. The van der Waals surface area contributed by atoms with Crippen LogP contribution in [0.5, 0.6) is 0 Å². The summed E-state index contributed by atoms with van der Waals surface area (Å²) in [6.45, 7) is 18.9. The van der Waals surface area contributed by atoms with Gasteiger partial charge in [0.1, 0.15) is 0 Å². The lowest BCUT2D eigenvalue weighted by molar-refractivity contribution is 1.40. The number of hydrogen-bond acceptors (Lipinski definition) is 0. The fourth-order valence-corrected chi connectivity index (χ4v) is 12.0. The van der Waals surface area contributed by atoms with Gasteiger partial charge in [0.25, 0.3) is 0 Å². The van der Waals surface area contributed by atoms with Crippen molar-refractivity contribution in [1.82, 2.24) is 0 Å². The van der Waals surface area contributed by atoms with Gasteiger partial charge < -0.3 is 0 Å². The van der Waals surface area contributed by atoms with Gasteiger partial charge in [-0.15, -0.1) is 5.73 Å². The minimum Gasteiger partial charge on any atom is -0.132 e. The molecule has 2 heteroatoms. The molecule has 0 aliphatic carbocycles. The molecule has 0 bridgehead atoms. The quantitative estimate of drug-likeness (QED) is 0.475. The molecule has 0 atom stereocenters. The molecule has 0 amide bonds. The van der Waals surface area contributed by atoms with Crippen molar-refractivity contribution in [3.8, 4) is 0 Å². The van der Waals surface area contributed by atoms with E-state index in [4.69, 9.17) is 0 Å². The van der Waals surface area contributed by atoms with Gasteiger partial charge in [0.05, 0.1) is 16.1 Å². The first-order chi connectivity index (χ1) is 5.55. The van der Waals surface area contributed by atoms with Crippen LogP contribution in [0.4, 0.5) is 0 Å². The highest BCUT2D eigenvalue weighted by Crippen LogP contribution is 2.24. The first-order valence-corrected chi connectivity index (χ1v) is 12.0. The van der Waals surface area contributed by atoms with Crippen molar-refractivity contribution in [3.63, 3.8) is 0 Å². The van der Waals surface area contributed by atoms with Gasteiger partial charge in [-0.05, 0) is 19.4 Å². The predicted molar refractivity (Wildman–Crippen MR) is 68.6 cm³/mol. The van der Waals surface area contributed by atoms with Crippen LogP contribution in [0, 0.1) is 0 Å².